The van der Waals surface area contributed by atoms with E-state index in [-0.39, 0.29) is 5.97 Å². The fourth-order valence-corrected chi connectivity index (χ4v) is 1.06. The van der Waals surface area contributed by atoms with Gasteiger partial charge in [0, 0.05) is 18.0 Å². The van der Waals surface area contributed by atoms with E-state index in [1.165, 1.54) is 13.2 Å². The van der Waals surface area contributed by atoms with Crippen molar-refractivity contribution in [2.45, 2.75) is 13.5 Å². The zero-order valence-corrected chi connectivity index (χ0v) is 8.86. The van der Waals surface area contributed by atoms with Gasteiger partial charge in [0.25, 0.3) is 0 Å². The van der Waals surface area contributed by atoms with Gasteiger partial charge in [-0.1, -0.05) is 6.07 Å². The van der Waals surface area contributed by atoms with Gasteiger partial charge in [-0.2, -0.15) is 0 Å². The number of aromatic nitrogens is 1. The van der Waals surface area contributed by atoms with Gasteiger partial charge in [0.05, 0.1) is 19.3 Å². The van der Waals surface area contributed by atoms with E-state index < -0.39 is 0 Å². The highest BCUT2D eigenvalue weighted by atomic mass is 16.5. The molecule has 0 saturated heterocycles. The number of hydrogen-bond donors (Lipinski definition) is 1. The summed E-state index contributed by atoms with van der Waals surface area (Å²) in [5, 5.41) is 2.95. The minimum absolute atomic E-state index is 0.375. The summed E-state index contributed by atoms with van der Waals surface area (Å²) in [4.78, 5) is 15.0. The van der Waals surface area contributed by atoms with Gasteiger partial charge in [-0.3, -0.25) is 4.98 Å². The Morgan fingerprint density at radius 2 is 2.40 bits per heavy atom. The number of rotatable bonds is 4. The van der Waals surface area contributed by atoms with Crippen molar-refractivity contribution in [1.29, 1.82) is 0 Å². The number of hydrogen-bond acceptors (Lipinski definition) is 4. The van der Waals surface area contributed by atoms with Crippen molar-refractivity contribution in [3.8, 4) is 0 Å². The number of aryl methyl sites for hydroxylation is 1. The lowest BCUT2D eigenvalue weighted by Gasteiger charge is -2.01. The van der Waals surface area contributed by atoms with Crippen molar-refractivity contribution in [3.05, 3.63) is 41.9 Å². The van der Waals surface area contributed by atoms with Crippen LogP contribution < -0.4 is 5.32 Å². The molecule has 0 unspecified atom stereocenters. The largest absolute Gasteiger partial charge is 0.466 e. The SMILES string of the molecule is COC(=O)/C=C/NCc1cccc(C)n1. The van der Waals surface area contributed by atoms with Gasteiger partial charge in [-0.15, -0.1) is 0 Å². The standard InChI is InChI=1S/C11H14N2O2/c1-9-4-3-5-10(13-9)8-12-7-6-11(14)15-2/h3-7,12H,8H2,1-2H3/b7-6+. The molecule has 0 bridgehead atoms. The van der Waals surface area contributed by atoms with Crippen molar-refractivity contribution in [1.82, 2.24) is 10.3 Å². The fourth-order valence-electron chi connectivity index (χ4n) is 1.06. The molecule has 0 aromatic carbocycles. The first-order valence-electron chi connectivity index (χ1n) is 4.63. The van der Waals surface area contributed by atoms with E-state index >= 15 is 0 Å². The Labute approximate surface area is 89.0 Å². The predicted molar refractivity (Wildman–Crippen MR) is 57.0 cm³/mol. The Balaban J connectivity index is 2.38. The number of esters is 1. The summed E-state index contributed by atoms with van der Waals surface area (Å²) in [6.07, 6.45) is 2.88. The summed E-state index contributed by atoms with van der Waals surface area (Å²) >= 11 is 0. The molecule has 80 valence electrons. The molecule has 1 rings (SSSR count). The molecule has 4 nitrogen and oxygen atoms in total. The van der Waals surface area contributed by atoms with Crippen molar-refractivity contribution >= 4 is 5.97 Å². The Bertz CT molecular complexity index is 361. The lowest BCUT2D eigenvalue weighted by atomic mass is 10.3. The smallest absolute Gasteiger partial charge is 0.331 e. The van der Waals surface area contributed by atoms with E-state index in [0.29, 0.717) is 6.54 Å². The molecule has 1 aromatic heterocycles. The van der Waals surface area contributed by atoms with Crippen LogP contribution in [0.15, 0.2) is 30.5 Å². The molecular formula is C11H14N2O2. The molecule has 0 aliphatic heterocycles. The van der Waals surface area contributed by atoms with Gasteiger partial charge in [0.2, 0.25) is 0 Å². The first-order valence-corrected chi connectivity index (χ1v) is 4.63. The second-order valence-electron chi connectivity index (χ2n) is 3.01. The summed E-state index contributed by atoms with van der Waals surface area (Å²) in [6, 6.07) is 5.81. The first kappa shape index (κ1) is 11.2. The maximum atomic E-state index is 10.7. The van der Waals surface area contributed by atoms with E-state index in [0.717, 1.165) is 11.4 Å². The van der Waals surface area contributed by atoms with Crippen LogP contribution in [0.5, 0.6) is 0 Å². The lowest BCUT2D eigenvalue weighted by Crippen LogP contribution is -2.08. The minimum Gasteiger partial charge on any atom is -0.466 e. The average Bonchev–Trinajstić information content (AvgIpc) is 2.24. The molecular weight excluding hydrogens is 192 g/mol. The summed E-state index contributed by atoms with van der Waals surface area (Å²) in [6.45, 7) is 2.53. The summed E-state index contributed by atoms with van der Waals surface area (Å²) in [5.74, 6) is -0.375. The minimum atomic E-state index is -0.375. The Morgan fingerprint density at radius 1 is 1.60 bits per heavy atom. The maximum absolute atomic E-state index is 10.7. The van der Waals surface area contributed by atoms with Gasteiger partial charge in [-0.05, 0) is 19.1 Å². The van der Waals surface area contributed by atoms with Crippen LogP contribution in [0.4, 0.5) is 0 Å². The quantitative estimate of drug-likeness (QED) is 0.593. The van der Waals surface area contributed by atoms with Crippen LogP contribution in [0, 0.1) is 6.92 Å². The zero-order chi connectivity index (χ0) is 11.1. The molecule has 1 aromatic rings. The van der Waals surface area contributed by atoms with Crippen LogP contribution in [0.25, 0.3) is 0 Å². The molecule has 0 aliphatic carbocycles. The topological polar surface area (TPSA) is 51.2 Å². The van der Waals surface area contributed by atoms with E-state index in [9.17, 15) is 4.79 Å². The monoisotopic (exact) mass is 206 g/mol. The highest BCUT2D eigenvalue weighted by molar-refractivity contribution is 5.81. The highest BCUT2D eigenvalue weighted by Crippen LogP contribution is 1.97. The first-order chi connectivity index (χ1) is 7.22. The maximum Gasteiger partial charge on any atom is 0.331 e. The molecule has 0 radical (unpaired) electrons. The van der Waals surface area contributed by atoms with Crippen LogP contribution >= 0.6 is 0 Å². The zero-order valence-electron chi connectivity index (χ0n) is 8.86. The van der Waals surface area contributed by atoms with Crippen LogP contribution in [0.3, 0.4) is 0 Å². The third kappa shape index (κ3) is 4.26. The molecule has 0 saturated carbocycles. The van der Waals surface area contributed by atoms with Crippen LogP contribution in [-0.2, 0) is 16.1 Å². The van der Waals surface area contributed by atoms with E-state index in [4.69, 9.17) is 0 Å². The lowest BCUT2D eigenvalue weighted by molar-refractivity contribution is -0.134. The highest BCUT2D eigenvalue weighted by Gasteiger charge is 1.93. The number of nitrogens with zero attached hydrogens (tertiary/aromatic N) is 1. The molecule has 0 amide bonds. The summed E-state index contributed by atoms with van der Waals surface area (Å²) in [5.41, 5.74) is 1.91. The number of nitrogens with one attached hydrogen (secondary N) is 1. The van der Waals surface area contributed by atoms with Gasteiger partial charge >= 0.3 is 5.97 Å². The van der Waals surface area contributed by atoms with E-state index in [1.807, 2.05) is 25.1 Å². The predicted octanol–water partition coefficient (Wildman–Crippen LogP) is 1.17. The second-order valence-corrected chi connectivity index (χ2v) is 3.01. The number of carbonyl (C=O) groups excluding carboxylic acids is 1. The third-order valence-electron chi connectivity index (χ3n) is 1.77. The molecule has 0 aliphatic rings. The molecule has 1 N–H and O–H groups in total. The Kier molecular flexibility index (Phi) is 4.34. The molecule has 0 atom stereocenters. The van der Waals surface area contributed by atoms with Crippen molar-refractivity contribution in [3.63, 3.8) is 0 Å². The Hall–Kier alpha value is -1.84. The molecule has 0 fully saturated rings. The summed E-state index contributed by atoms with van der Waals surface area (Å²) in [7, 11) is 1.34. The van der Waals surface area contributed by atoms with Crippen LogP contribution in [-0.4, -0.2) is 18.1 Å². The molecule has 1 heterocycles. The Morgan fingerprint density at radius 3 is 3.07 bits per heavy atom. The molecule has 0 spiro atoms. The fraction of sp³-hybridized carbons (Fsp3) is 0.273. The van der Waals surface area contributed by atoms with Crippen molar-refractivity contribution in [2.24, 2.45) is 0 Å². The van der Waals surface area contributed by atoms with Gasteiger partial charge in [0.1, 0.15) is 0 Å². The normalized spacial score (nSPS) is 10.3. The van der Waals surface area contributed by atoms with Gasteiger partial charge in [0.15, 0.2) is 0 Å². The number of methoxy groups -OCH3 is 1. The van der Waals surface area contributed by atoms with Gasteiger partial charge < -0.3 is 10.1 Å². The summed E-state index contributed by atoms with van der Waals surface area (Å²) < 4.78 is 4.44. The number of ether oxygens (including phenoxy) is 1. The van der Waals surface area contributed by atoms with E-state index in [1.54, 1.807) is 6.20 Å². The van der Waals surface area contributed by atoms with Gasteiger partial charge in [-0.25, -0.2) is 4.79 Å². The molecule has 15 heavy (non-hydrogen) atoms. The second kappa shape index (κ2) is 5.80. The number of carbonyl (C=O) groups is 1. The van der Waals surface area contributed by atoms with Crippen molar-refractivity contribution < 1.29 is 9.53 Å². The van der Waals surface area contributed by atoms with Crippen LogP contribution in [0.2, 0.25) is 0 Å². The van der Waals surface area contributed by atoms with E-state index in [2.05, 4.69) is 15.0 Å². The number of pyridine rings is 1. The third-order valence-corrected chi connectivity index (χ3v) is 1.77. The average molecular weight is 206 g/mol. The molecule has 4 heteroatoms. The van der Waals surface area contributed by atoms with Crippen molar-refractivity contribution in [2.75, 3.05) is 7.11 Å². The van der Waals surface area contributed by atoms with Crippen LogP contribution in [0.1, 0.15) is 11.4 Å².